The minimum atomic E-state index is -2.85. The third kappa shape index (κ3) is 4.73. The molecule has 178 valence electrons. The third-order valence-corrected chi connectivity index (χ3v) is 5.97. The molecule has 2 heterocycles. The van der Waals surface area contributed by atoms with Crippen molar-refractivity contribution in [3.05, 3.63) is 48.2 Å². The normalized spacial score (nSPS) is 18.5. The average molecular weight is 471 g/mol. The second-order valence-corrected chi connectivity index (χ2v) is 8.47. The Morgan fingerprint density at radius 1 is 1.09 bits per heavy atom. The predicted octanol–water partition coefficient (Wildman–Crippen LogP) is 3.47. The van der Waals surface area contributed by atoms with E-state index in [9.17, 15) is 28.0 Å². The first kappa shape index (κ1) is 23.3. The lowest BCUT2D eigenvalue weighted by Crippen LogP contribution is -2.51. The van der Waals surface area contributed by atoms with E-state index >= 15 is 0 Å². The SMILES string of the molecule is CC(=O)Nc1cccnc1Nc1ccc(C(=O)CN2C(=O)NC3(CCC(F)(F)CC3)C2=O)cc1. The zero-order valence-electron chi connectivity index (χ0n) is 18.4. The van der Waals surface area contributed by atoms with Crippen molar-refractivity contribution in [2.75, 3.05) is 17.2 Å². The molecule has 4 rings (SSSR count). The van der Waals surface area contributed by atoms with Crippen LogP contribution < -0.4 is 16.0 Å². The highest BCUT2D eigenvalue weighted by Gasteiger charge is 2.55. The lowest BCUT2D eigenvalue weighted by Gasteiger charge is -2.34. The van der Waals surface area contributed by atoms with Crippen molar-refractivity contribution in [1.82, 2.24) is 15.2 Å². The van der Waals surface area contributed by atoms with Crippen molar-refractivity contribution < 1.29 is 28.0 Å². The van der Waals surface area contributed by atoms with Gasteiger partial charge in [-0.05, 0) is 49.2 Å². The van der Waals surface area contributed by atoms with Gasteiger partial charge < -0.3 is 16.0 Å². The highest BCUT2D eigenvalue weighted by molar-refractivity contribution is 6.11. The number of carbonyl (C=O) groups is 4. The van der Waals surface area contributed by atoms with E-state index < -0.39 is 48.6 Å². The van der Waals surface area contributed by atoms with E-state index in [1.54, 1.807) is 30.5 Å². The minimum absolute atomic E-state index is 0.163. The molecule has 0 atom stereocenters. The van der Waals surface area contributed by atoms with Gasteiger partial charge in [0.15, 0.2) is 11.6 Å². The first-order chi connectivity index (χ1) is 16.1. The molecule has 1 saturated carbocycles. The molecule has 11 heteroatoms. The smallest absolute Gasteiger partial charge is 0.325 e. The van der Waals surface area contributed by atoms with Gasteiger partial charge in [0, 0.05) is 37.2 Å². The molecule has 1 aliphatic heterocycles. The lowest BCUT2D eigenvalue weighted by atomic mass is 9.80. The number of hydrogen-bond donors (Lipinski definition) is 3. The molecular formula is C23H23F2N5O4. The van der Waals surface area contributed by atoms with Crippen molar-refractivity contribution in [3.8, 4) is 0 Å². The van der Waals surface area contributed by atoms with Crippen LogP contribution in [0.4, 0.5) is 30.8 Å². The Balaban J connectivity index is 1.41. The number of imide groups is 1. The van der Waals surface area contributed by atoms with Gasteiger partial charge in [-0.3, -0.25) is 19.3 Å². The number of urea groups is 1. The fraction of sp³-hybridized carbons (Fsp3) is 0.348. The molecule has 4 amide bonds. The highest BCUT2D eigenvalue weighted by Crippen LogP contribution is 2.41. The average Bonchev–Trinajstić information content (AvgIpc) is 3.02. The quantitative estimate of drug-likeness (QED) is 0.438. The summed E-state index contributed by atoms with van der Waals surface area (Å²) in [7, 11) is 0. The standard InChI is InChI=1S/C23H23F2N5O4/c1-14(31)27-17-3-2-12-26-19(17)28-16-6-4-15(5-7-16)18(32)13-30-20(33)22(29-21(30)34)8-10-23(24,25)11-9-22/h2-7,12H,8-11,13H2,1H3,(H,26,28)(H,27,31)(H,29,34). The van der Waals surface area contributed by atoms with Gasteiger partial charge in [0.05, 0.1) is 12.2 Å². The van der Waals surface area contributed by atoms with E-state index in [4.69, 9.17) is 0 Å². The second-order valence-electron chi connectivity index (χ2n) is 8.47. The summed E-state index contributed by atoms with van der Waals surface area (Å²) < 4.78 is 27.0. The van der Waals surface area contributed by atoms with E-state index in [-0.39, 0.29) is 24.3 Å². The summed E-state index contributed by atoms with van der Waals surface area (Å²) in [6.07, 6.45) is 0.251. The number of benzene rings is 1. The van der Waals surface area contributed by atoms with Crippen LogP contribution in [0, 0.1) is 0 Å². The lowest BCUT2D eigenvalue weighted by molar-refractivity contribution is -0.135. The Kier molecular flexibility index (Phi) is 6.03. The predicted molar refractivity (Wildman–Crippen MR) is 119 cm³/mol. The number of nitrogens with one attached hydrogen (secondary N) is 3. The fourth-order valence-corrected chi connectivity index (χ4v) is 4.11. The fourth-order valence-electron chi connectivity index (χ4n) is 4.11. The third-order valence-electron chi connectivity index (χ3n) is 5.97. The van der Waals surface area contributed by atoms with Gasteiger partial charge >= 0.3 is 6.03 Å². The van der Waals surface area contributed by atoms with Gasteiger partial charge in [-0.1, -0.05) is 0 Å². The van der Waals surface area contributed by atoms with Gasteiger partial charge in [0.25, 0.3) is 5.91 Å². The molecule has 0 radical (unpaired) electrons. The summed E-state index contributed by atoms with van der Waals surface area (Å²) in [5.74, 6) is -3.79. The molecule has 9 nitrogen and oxygen atoms in total. The largest absolute Gasteiger partial charge is 0.338 e. The molecule has 2 fully saturated rings. The van der Waals surface area contributed by atoms with E-state index in [0.717, 1.165) is 4.90 Å². The Labute approximate surface area is 193 Å². The minimum Gasteiger partial charge on any atom is -0.338 e. The van der Waals surface area contributed by atoms with Crippen LogP contribution in [0.25, 0.3) is 0 Å². The number of carbonyl (C=O) groups excluding carboxylic acids is 4. The number of aromatic nitrogens is 1. The summed E-state index contributed by atoms with van der Waals surface area (Å²) in [5, 5.41) is 8.24. The molecule has 0 bridgehead atoms. The molecule has 2 aromatic rings. The number of hydrogen-bond acceptors (Lipinski definition) is 6. The van der Waals surface area contributed by atoms with Gasteiger partial charge in [-0.25, -0.2) is 18.6 Å². The number of alkyl halides is 2. The first-order valence-electron chi connectivity index (χ1n) is 10.7. The molecular weight excluding hydrogens is 448 g/mol. The molecule has 34 heavy (non-hydrogen) atoms. The zero-order valence-corrected chi connectivity index (χ0v) is 18.4. The molecule has 1 aliphatic carbocycles. The number of nitrogens with zero attached hydrogens (tertiary/aromatic N) is 2. The van der Waals surface area contributed by atoms with Crippen molar-refractivity contribution in [1.29, 1.82) is 0 Å². The highest BCUT2D eigenvalue weighted by atomic mass is 19.3. The number of amides is 4. The van der Waals surface area contributed by atoms with Crippen molar-refractivity contribution in [3.63, 3.8) is 0 Å². The molecule has 0 unspecified atom stereocenters. The maximum absolute atomic E-state index is 13.5. The van der Waals surface area contributed by atoms with Crippen LogP contribution in [0.15, 0.2) is 42.6 Å². The van der Waals surface area contributed by atoms with Gasteiger partial charge in [0.2, 0.25) is 11.8 Å². The topological polar surface area (TPSA) is 120 Å². The molecule has 1 aromatic carbocycles. The molecule has 3 N–H and O–H groups in total. The van der Waals surface area contributed by atoms with Gasteiger partial charge in [-0.2, -0.15) is 0 Å². The van der Waals surface area contributed by atoms with Crippen LogP contribution in [0.5, 0.6) is 0 Å². The number of ketones is 1. The van der Waals surface area contributed by atoms with Crippen LogP contribution in [0.1, 0.15) is 43.0 Å². The molecule has 1 spiro atoms. The van der Waals surface area contributed by atoms with E-state index in [1.165, 1.54) is 19.1 Å². The second kappa shape index (κ2) is 8.81. The van der Waals surface area contributed by atoms with Crippen molar-refractivity contribution in [2.24, 2.45) is 0 Å². The Bertz CT molecular complexity index is 1140. The molecule has 1 saturated heterocycles. The number of halogens is 2. The van der Waals surface area contributed by atoms with Crippen molar-refractivity contribution >= 4 is 40.8 Å². The van der Waals surface area contributed by atoms with Gasteiger partial charge in [-0.15, -0.1) is 0 Å². The van der Waals surface area contributed by atoms with Crippen molar-refractivity contribution in [2.45, 2.75) is 44.1 Å². The maximum Gasteiger partial charge on any atom is 0.325 e. The van der Waals surface area contributed by atoms with E-state index in [2.05, 4.69) is 20.9 Å². The number of anilines is 3. The van der Waals surface area contributed by atoms with Crippen LogP contribution in [0.2, 0.25) is 0 Å². The Hall–Kier alpha value is -3.89. The number of Topliss-reactive ketones (excluding diaryl/α,β-unsaturated/α-hetero) is 1. The van der Waals surface area contributed by atoms with E-state index in [0.29, 0.717) is 17.2 Å². The monoisotopic (exact) mass is 471 g/mol. The summed E-state index contributed by atoms with van der Waals surface area (Å²) in [4.78, 5) is 54.3. The Morgan fingerprint density at radius 2 is 1.76 bits per heavy atom. The van der Waals surface area contributed by atoms with Gasteiger partial charge in [0.1, 0.15) is 5.54 Å². The number of pyridine rings is 1. The van der Waals surface area contributed by atoms with Crippen LogP contribution in [-0.2, 0) is 9.59 Å². The van der Waals surface area contributed by atoms with Crippen LogP contribution >= 0.6 is 0 Å². The van der Waals surface area contributed by atoms with Crippen LogP contribution in [0.3, 0.4) is 0 Å². The number of rotatable bonds is 6. The zero-order chi connectivity index (χ0) is 24.5. The molecule has 1 aromatic heterocycles. The summed E-state index contributed by atoms with van der Waals surface area (Å²) in [6.45, 7) is 0.899. The van der Waals surface area contributed by atoms with E-state index in [1.807, 2.05) is 0 Å². The molecule has 2 aliphatic rings. The summed E-state index contributed by atoms with van der Waals surface area (Å²) >= 11 is 0. The summed E-state index contributed by atoms with van der Waals surface area (Å²) in [6, 6.07) is 8.92. The Morgan fingerprint density at radius 3 is 2.41 bits per heavy atom. The summed E-state index contributed by atoms with van der Waals surface area (Å²) in [5.41, 5.74) is -0.00590. The maximum atomic E-state index is 13.5. The van der Waals surface area contributed by atoms with Crippen LogP contribution in [-0.4, -0.2) is 51.5 Å². The first-order valence-corrected chi connectivity index (χ1v) is 10.7.